The van der Waals surface area contributed by atoms with Gasteiger partial charge in [-0.05, 0) is 42.8 Å². The highest BCUT2D eigenvalue weighted by Crippen LogP contribution is 2.25. The standard InChI is InChI=1S/C15H11ClN2O2/c1-9-2-5-14(10(6-9)8-17)18-11-3-4-13(16)12(7-11)15(19)20/h2-7,18H,1H3,(H,19,20). The second-order valence-electron chi connectivity index (χ2n) is 4.29. The molecule has 0 bridgehead atoms. The van der Waals surface area contributed by atoms with Crippen molar-refractivity contribution in [2.45, 2.75) is 6.92 Å². The molecule has 2 aromatic rings. The summed E-state index contributed by atoms with van der Waals surface area (Å²) < 4.78 is 0. The molecular formula is C15H11ClN2O2. The maximum absolute atomic E-state index is 11.0. The Labute approximate surface area is 121 Å². The monoisotopic (exact) mass is 286 g/mol. The van der Waals surface area contributed by atoms with E-state index in [1.165, 1.54) is 12.1 Å². The van der Waals surface area contributed by atoms with Crippen LogP contribution in [0.3, 0.4) is 0 Å². The average molecular weight is 287 g/mol. The van der Waals surface area contributed by atoms with Crippen LogP contribution in [0.4, 0.5) is 11.4 Å². The number of hydrogen-bond acceptors (Lipinski definition) is 3. The summed E-state index contributed by atoms with van der Waals surface area (Å²) in [6, 6.07) is 12.1. The number of carboxylic acid groups (broad SMARTS) is 1. The summed E-state index contributed by atoms with van der Waals surface area (Å²) in [4.78, 5) is 11.0. The van der Waals surface area contributed by atoms with Crippen LogP contribution in [0.2, 0.25) is 5.02 Å². The predicted octanol–water partition coefficient (Wildman–Crippen LogP) is 3.96. The summed E-state index contributed by atoms with van der Waals surface area (Å²) in [5.41, 5.74) is 2.68. The summed E-state index contributed by atoms with van der Waals surface area (Å²) in [5, 5.41) is 21.3. The third-order valence-electron chi connectivity index (χ3n) is 2.77. The minimum Gasteiger partial charge on any atom is -0.478 e. The van der Waals surface area contributed by atoms with Crippen molar-refractivity contribution in [3.8, 4) is 6.07 Å². The smallest absolute Gasteiger partial charge is 0.337 e. The van der Waals surface area contributed by atoms with Crippen LogP contribution in [0.15, 0.2) is 36.4 Å². The Morgan fingerprint density at radius 3 is 2.70 bits per heavy atom. The molecule has 4 nitrogen and oxygen atoms in total. The van der Waals surface area contributed by atoms with E-state index < -0.39 is 5.97 Å². The molecule has 0 saturated carbocycles. The molecule has 2 rings (SSSR count). The number of benzene rings is 2. The van der Waals surface area contributed by atoms with E-state index in [0.29, 0.717) is 16.9 Å². The maximum Gasteiger partial charge on any atom is 0.337 e. The Hall–Kier alpha value is -2.51. The Kier molecular flexibility index (Phi) is 3.92. The van der Waals surface area contributed by atoms with Crippen LogP contribution in [-0.4, -0.2) is 11.1 Å². The molecular weight excluding hydrogens is 276 g/mol. The third-order valence-corrected chi connectivity index (χ3v) is 3.10. The van der Waals surface area contributed by atoms with Crippen molar-refractivity contribution in [1.82, 2.24) is 0 Å². The minimum absolute atomic E-state index is 0.0160. The van der Waals surface area contributed by atoms with E-state index in [1.54, 1.807) is 18.2 Å². The molecule has 2 aromatic carbocycles. The molecule has 0 aliphatic carbocycles. The first-order valence-corrected chi connectivity index (χ1v) is 6.19. The van der Waals surface area contributed by atoms with E-state index in [0.717, 1.165) is 5.56 Å². The van der Waals surface area contributed by atoms with Crippen LogP contribution in [0, 0.1) is 18.3 Å². The Bertz CT molecular complexity index is 720. The van der Waals surface area contributed by atoms with E-state index >= 15 is 0 Å². The SMILES string of the molecule is Cc1ccc(Nc2ccc(Cl)c(C(=O)O)c2)c(C#N)c1. The fourth-order valence-electron chi connectivity index (χ4n) is 1.78. The third kappa shape index (κ3) is 2.90. The Morgan fingerprint density at radius 2 is 2.05 bits per heavy atom. The minimum atomic E-state index is -1.09. The van der Waals surface area contributed by atoms with Gasteiger partial charge in [-0.1, -0.05) is 17.7 Å². The highest BCUT2D eigenvalue weighted by Gasteiger charge is 2.10. The molecule has 100 valence electrons. The molecule has 0 heterocycles. The Morgan fingerprint density at radius 1 is 1.30 bits per heavy atom. The quantitative estimate of drug-likeness (QED) is 0.895. The van der Waals surface area contributed by atoms with Crippen molar-refractivity contribution in [1.29, 1.82) is 5.26 Å². The van der Waals surface area contributed by atoms with Gasteiger partial charge in [-0.25, -0.2) is 4.79 Å². The van der Waals surface area contributed by atoms with E-state index in [9.17, 15) is 4.79 Å². The first-order chi connectivity index (χ1) is 9.51. The van der Waals surface area contributed by atoms with Gasteiger partial charge in [0.2, 0.25) is 0 Å². The molecule has 0 aromatic heterocycles. The fraction of sp³-hybridized carbons (Fsp3) is 0.0667. The number of anilines is 2. The van der Waals surface area contributed by atoms with Gasteiger partial charge < -0.3 is 10.4 Å². The van der Waals surface area contributed by atoms with Crippen LogP contribution in [0.5, 0.6) is 0 Å². The van der Waals surface area contributed by atoms with Crippen molar-refractivity contribution in [2.24, 2.45) is 0 Å². The van der Waals surface area contributed by atoms with E-state index in [4.69, 9.17) is 22.0 Å². The summed E-state index contributed by atoms with van der Waals surface area (Å²) in [7, 11) is 0. The van der Waals surface area contributed by atoms with Crippen LogP contribution in [0.25, 0.3) is 0 Å². The van der Waals surface area contributed by atoms with Crippen molar-refractivity contribution < 1.29 is 9.90 Å². The van der Waals surface area contributed by atoms with Gasteiger partial charge in [0.1, 0.15) is 6.07 Å². The highest BCUT2D eigenvalue weighted by molar-refractivity contribution is 6.33. The number of hydrogen-bond donors (Lipinski definition) is 2. The average Bonchev–Trinajstić information content (AvgIpc) is 2.42. The molecule has 2 N–H and O–H groups in total. The molecule has 0 aliphatic rings. The number of halogens is 1. The summed E-state index contributed by atoms with van der Waals surface area (Å²) >= 11 is 5.81. The van der Waals surface area contributed by atoms with Gasteiger partial charge in [-0.3, -0.25) is 0 Å². The molecule has 0 aliphatic heterocycles. The number of aromatic carboxylic acids is 1. The first-order valence-electron chi connectivity index (χ1n) is 5.82. The van der Waals surface area contributed by atoms with E-state index in [-0.39, 0.29) is 10.6 Å². The molecule has 0 fully saturated rings. The number of rotatable bonds is 3. The van der Waals surface area contributed by atoms with Crippen molar-refractivity contribution >= 4 is 28.9 Å². The molecule has 0 saturated heterocycles. The van der Waals surface area contributed by atoms with Gasteiger partial charge in [0.05, 0.1) is 21.8 Å². The first kappa shape index (κ1) is 13.9. The number of carboxylic acids is 1. The van der Waals surface area contributed by atoms with Gasteiger partial charge >= 0.3 is 5.97 Å². The summed E-state index contributed by atoms with van der Waals surface area (Å²) in [6.07, 6.45) is 0. The summed E-state index contributed by atoms with van der Waals surface area (Å²) in [5.74, 6) is -1.09. The number of nitrogens with zero attached hydrogens (tertiary/aromatic N) is 1. The number of aryl methyl sites for hydroxylation is 1. The van der Waals surface area contributed by atoms with Crippen molar-refractivity contribution in [2.75, 3.05) is 5.32 Å². The second-order valence-corrected chi connectivity index (χ2v) is 4.69. The van der Waals surface area contributed by atoms with Crippen molar-refractivity contribution in [3.05, 3.63) is 58.1 Å². The Balaban J connectivity index is 2.38. The molecule has 0 spiro atoms. The zero-order valence-corrected chi connectivity index (χ0v) is 11.4. The zero-order valence-electron chi connectivity index (χ0n) is 10.6. The van der Waals surface area contributed by atoms with Crippen LogP contribution in [-0.2, 0) is 0 Å². The predicted molar refractivity (Wildman–Crippen MR) is 77.6 cm³/mol. The number of carbonyl (C=O) groups is 1. The number of nitrogens with one attached hydrogen (secondary N) is 1. The van der Waals surface area contributed by atoms with Crippen LogP contribution >= 0.6 is 11.6 Å². The van der Waals surface area contributed by atoms with Gasteiger partial charge in [-0.15, -0.1) is 0 Å². The van der Waals surface area contributed by atoms with Gasteiger partial charge in [0, 0.05) is 5.69 Å². The lowest BCUT2D eigenvalue weighted by Crippen LogP contribution is -2.00. The molecule has 0 radical (unpaired) electrons. The molecule has 0 unspecified atom stereocenters. The summed E-state index contributed by atoms with van der Waals surface area (Å²) in [6.45, 7) is 1.90. The maximum atomic E-state index is 11.0. The lowest BCUT2D eigenvalue weighted by atomic mass is 10.1. The van der Waals surface area contributed by atoms with Crippen LogP contribution in [0.1, 0.15) is 21.5 Å². The molecule has 20 heavy (non-hydrogen) atoms. The number of nitriles is 1. The van der Waals surface area contributed by atoms with Gasteiger partial charge in [0.15, 0.2) is 0 Å². The lowest BCUT2D eigenvalue weighted by molar-refractivity contribution is 0.0697. The normalized spacial score (nSPS) is 9.85. The van der Waals surface area contributed by atoms with E-state index in [2.05, 4.69) is 11.4 Å². The molecule has 5 heteroatoms. The molecule has 0 amide bonds. The van der Waals surface area contributed by atoms with E-state index in [1.807, 2.05) is 13.0 Å². The largest absolute Gasteiger partial charge is 0.478 e. The zero-order chi connectivity index (χ0) is 14.7. The lowest BCUT2D eigenvalue weighted by Gasteiger charge is -2.10. The fourth-order valence-corrected chi connectivity index (χ4v) is 1.98. The van der Waals surface area contributed by atoms with Gasteiger partial charge in [0.25, 0.3) is 0 Å². The highest BCUT2D eigenvalue weighted by atomic mass is 35.5. The van der Waals surface area contributed by atoms with Crippen molar-refractivity contribution in [3.63, 3.8) is 0 Å². The molecule has 0 atom stereocenters. The second kappa shape index (κ2) is 5.64. The van der Waals surface area contributed by atoms with Gasteiger partial charge in [-0.2, -0.15) is 5.26 Å². The van der Waals surface area contributed by atoms with Crippen LogP contribution < -0.4 is 5.32 Å². The topological polar surface area (TPSA) is 73.1 Å².